The Bertz CT molecular complexity index is 1200. The molecule has 4 rings (SSSR count). The van der Waals surface area contributed by atoms with E-state index >= 15 is 0 Å². The molecule has 0 aliphatic carbocycles. The van der Waals surface area contributed by atoms with E-state index in [0.717, 1.165) is 11.3 Å². The molecule has 0 N–H and O–H groups in total. The Morgan fingerprint density at radius 1 is 1.27 bits per heavy atom. The first-order valence-corrected chi connectivity index (χ1v) is 13.6. The van der Waals surface area contributed by atoms with Crippen molar-refractivity contribution in [2.24, 2.45) is 0 Å². The van der Waals surface area contributed by atoms with Gasteiger partial charge in [-0.15, -0.1) is 0 Å². The van der Waals surface area contributed by atoms with E-state index in [2.05, 4.69) is 0 Å². The molecule has 1 aromatic carbocycles. The van der Waals surface area contributed by atoms with Crippen LogP contribution in [0.15, 0.2) is 51.8 Å². The lowest BCUT2D eigenvalue weighted by molar-refractivity contribution is -0.134. The predicted octanol–water partition coefficient (Wildman–Crippen LogP) is 3.40. The third-order valence-corrected chi connectivity index (χ3v) is 8.74. The highest BCUT2D eigenvalue weighted by Crippen LogP contribution is 2.33. The van der Waals surface area contributed by atoms with Gasteiger partial charge in [0.2, 0.25) is 5.91 Å². The number of rotatable bonds is 7. The van der Waals surface area contributed by atoms with Gasteiger partial charge in [-0.2, -0.15) is 0 Å². The summed E-state index contributed by atoms with van der Waals surface area (Å²) in [4.78, 5) is 29.6. The number of thiocarbonyl (C=S) groups is 1. The average Bonchev–Trinajstić information content (AvgIpc) is 3.43. The first kappa shape index (κ1) is 23.7. The smallest absolute Gasteiger partial charge is 0.266 e. The first-order chi connectivity index (χ1) is 15.7. The Balaban J connectivity index is 1.45. The molecule has 0 bridgehead atoms. The first-order valence-electron chi connectivity index (χ1n) is 10.6. The van der Waals surface area contributed by atoms with Crippen LogP contribution < -0.4 is 0 Å². The van der Waals surface area contributed by atoms with Gasteiger partial charge in [-0.1, -0.05) is 54.3 Å². The molecule has 0 spiro atoms. The topological polar surface area (TPSA) is 87.9 Å². The fourth-order valence-corrected chi connectivity index (χ4v) is 6.96. The maximum Gasteiger partial charge on any atom is 0.266 e. The molecule has 0 saturated carbocycles. The molecule has 1 unspecified atom stereocenters. The molecule has 3 heterocycles. The van der Waals surface area contributed by atoms with Crippen LogP contribution in [0.25, 0.3) is 6.08 Å². The molecule has 33 heavy (non-hydrogen) atoms. The number of hydrogen-bond acceptors (Lipinski definition) is 7. The quantitative estimate of drug-likeness (QED) is 0.422. The fourth-order valence-electron chi connectivity index (χ4n) is 3.92. The molecule has 2 fully saturated rings. The van der Waals surface area contributed by atoms with Gasteiger partial charge in [0, 0.05) is 19.0 Å². The predicted molar refractivity (Wildman–Crippen MR) is 132 cm³/mol. The van der Waals surface area contributed by atoms with E-state index in [4.69, 9.17) is 16.6 Å². The SMILES string of the molecule is Cc1ccc(CN(C(=O)CCN2C(=O)/C(=C/c3ccccc3)SC2=S)C2CCS(=O)(=O)C2)o1. The summed E-state index contributed by atoms with van der Waals surface area (Å²) in [6, 6.07) is 12.7. The Morgan fingerprint density at radius 3 is 2.67 bits per heavy atom. The van der Waals surface area contributed by atoms with Crippen LogP contribution in [-0.4, -0.2) is 58.4 Å². The number of nitrogens with zero attached hydrogens (tertiary/aromatic N) is 2. The van der Waals surface area contributed by atoms with Crippen LogP contribution in [0.3, 0.4) is 0 Å². The van der Waals surface area contributed by atoms with Gasteiger partial charge in [-0.05, 0) is 37.1 Å². The standard InChI is InChI=1S/C23H24N2O5S3/c1-16-7-8-19(30-16)14-25(18-10-12-33(28,29)15-18)21(26)9-11-24-22(27)20(32-23(24)31)13-17-5-3-2-4-6-17/h2-8,13,18H,9-12,14-15H2,1H3/b20-13-. The molecule has 2 aromatic rings. The molecule has 2 aliphatic heterocycles. The van der Waals surface area contributed by atoms with Crippen molar-refractivity contribution in [2.45, 2.75) is 32.4 Å². The minimum atomic E-state index is -3.17. The molecule has 2 aliphatic rings. The van der Waals surface area contributed by atoms with E-state index in [1.165, 1.54) is 16.7 Å². The summed E-state index contributed by atoms with van der Waals surface area (Å²) in [5, 5.41) is 0. The molecule has 7 nitrogen and oxygen atoms in total. The van der Waals surface area contributed by atoms with Crippen molar-refractivity contribution in [3.05, 3.63) is 64.5 Å². The highest BCUT2D eigenvalue weighted by atomic mass is 32.2. The summed E-state index contributed by atoms with van der Waals surface area (Å²) in [6.45, 7) is 2.15. The van der Waals surface area contributed by atoms with Gasteiger partial charge in [0.25, 0.3) is 5.91 Å². The maximum absolute atomic E-state index is 13.2. The lowest BCUT2D eigenvalue weighted by Crippen LogP contribution is -2.42. The lowest BCUT2D eigenvalue weighted by atomic mass is 10.2. The van der Waals surface area contributed by atoms with Crippen LogP contribution in [0.4, 0.5) is 0 Å². The van der Waals surface area contributed by atoms with Gasteiger partial charge in [-0.25, -0.2) is 8.42 Å². The molecule has 1 aromatic heterocycles. The van der Waals surface area contributed by atoms with E-state index in [9.17, 15) is 18.0 Å². The Morgan fingerprint density at radius 2 is 2.03 bits per heavy atom. The maximum atomic E-state index is 13.2. The van der Waals surface area contributed by atoms with E-state index in [1.807, 2.05) is 43.3 Å². The fraction of sp³-hybridized carbons (Fsp3) is 0.348. The van der Waals surface area contributed by atoms with Crippen LogP contribution in [-0.2, 0) is 26.0 Å². The highest BCUT2D eigenvalue weighted by Gasteiger charge is 2.36. The van der Waals surface area contributed by atoms with Crippen molar-refractivity contribution in [3.63, 3.8) is 0 Å². The zero-order valence-corrected chi connectivity index (χ0v) is 20.5. The normalized spacial score (nSPS) is 21.2. The summed E-state index contributed by atoms with van der Waals surface area (Å²) >= 11 is 6.60. The van der Waals surface area contributed by atoms with Crippen molar-refractivity contribution in [1.82, 2.24) is 9.80 Å². The molecular weight excluding hydrogens is 480 g/mol. The van der Waals surface area contributed by atoms with Crippen LogP contribution in [0.2, 0.25) is 0 Å². The van der Waals surface area contributed by atoms with Gasteiger partial charge in [0.1, 0.15) is 15.8 Å². The van der Waals surface area contributed by atoms with Crippen molar-refractivity contribution in [3.8, 4) is 0 Å². The number of carbonyl (C=O) groups is 2. The zero-order valence-electron chi connectivity index (χ0n) is 18.1. The molecule has 0 radical (unpaired) electrons. The number of hydrogen-bond donors (Lipinski definition) is 0. The number of sulfone groups is 1. The van der Waals surface area contributed by atoms with E-state index in [0.29, 0.717) is 21.4 Å². The Kier molecular flexibility index (Phi) is 7.06. The summed E-state index contributed by atoms with van der Waals surface area (Å²) in [5.74, 6) is 0.878. The third kappa shape index (κ3) is 5.74. The van der Waals surface area contributed by atoms with Gasteiger partial charge in [0.15, 0.2) is 9.84 Å². The van der Waals surface area contributed by atoms with Crippen molar-refractivity contribution in [2.75, 3.05) is 18.1 Å². The van der Waals surface area contributed by atoms with Crippen LogP contribution >= 0.6 is 24.0 Å². The minimum absolute atomic E-state index is 0.0430. The minimum Gasteiger partial charge on any atom is -0.464 e. The largest absolute Gasteiger partial charge is 0.464 e. The number of carbonyl (C=O) groups excluding carboxylic acids is 2. The van der Waals surface area contributed by atoms with E-state index in [1.54, 1.807) is 17.0 Å². The number of amides is 2. The molecule has 174 valence electrons. The number of benzene rings is 1. The second-order valence-electron chi connectivity index (χ2n) is 8.08. The van der Waals surface area contributed by atoms with Crippen LogP contribution in [0.1, 0.15) is 29.9 Å². The summed E-state index contributed by atoms with van der Waals surface area (Å²) in [5.41, 5.74) is 0.899. The molecular formula is C23H24N2O5S3. The number of aryl methyl sites for hydroxylation is 1. The van der Waals surface area contributed by atoms with Crippen LogP contribution in [0, 0.1) is 6.92 Å². The third-order valence-electron chi connectivity index (χ3n) is 5.61. The molecule has 1 atom stereocenters. The highest BCUT2D eigenvalue weighted by molar-refractivity contribution is 8.26. The molecule has 2 saturated heterocycles. The Hall–Kier alpha value is -2.43. The second kappa shape index (κ2) is 9.82. The lowest BCUT2D eigenvalue weighted by Gasteiger charge is -2.28. The molecule has 10 heteroatoms. The summed E-state index contributed by atoms with van der Waals surface area (Å²) in [6.07, 6.45) is 2.23. The van der Waals surface area contributed by atoms with Gasteiger partial charge < -0.3 is 9.32 Å². The van der Waals surface area contributed by atoms with Gasteiger partial charge in [-0.3, -0.25) is 14.5 Å². The monoisotopic (exact) mass is 504 g/mol. The second-order valence-corrected chi connectivity index (χ2v) is 12.0. The van der Waals surface area contributed by atoms with E-state index in [-0.39, 0.29) is 42.8 Å². The van der Waals surface area contributed by atoms with E-state index < -0.39 is 15.9 Å². The molecule has 2 amide bonds. The van der Waals surface area contributed by atoms with Crippen molar-refractivity contribution < 1.29 is 22.4 Å². The average molecular weight is 505 g/mol. The Labute approximate surface area is 202 Å². The number of thioether (sulfide) groups is 1. The number of furan rings is 1. The zero-order chi connectivity index (χ0) is 23.6. The van der Waals surface area contributed by atoms with Crippen molar-refractivity contribution in [1.29, 1.82) is 0 Å². The summed E-state index contributed by atoms with van der Waals surface area (Å²) < 4.78 is 30.1. The van der Waals surface area contributed by atoms with Crippen LogP contribution in [0.5, 0.6) is 0 Å². The summed E-state index contributed by atoms with van der Waals surface area (Å²) in [7, 11) is -3.17. The van der Waals surface area contributed by atoms with Gasteiger partial charge >= 0.3 is 0 Å². The van der Waals surface area contributed by atoms with Crippen molar-refractivity contribution >= 4 is 56.0 Å². The van der Waals surface area contributed by atoms with Gasteiger partial charge in [0.05, 0.1) is 23.0 Å².